The Morgan fingerprint density at radius 3 is 2.44 bits per heavy atom. The highest BCUT2D eigenvalue weighted by Crippen LogP contribution is 2.47. The number of fused-ring (bicyclic) bond motifs is 3. The predicted octanol–water partition coefficient (Wildman–Crippen LogP) is 4.49. The van der Waals surface area contributed by atoms with Crippen molar-refractivity contribution in [1.82, 2.24) is 19.7 Å². The van der Waals surface area contributed by atoms with E-state index in [1.54, 1.807) is 42.5 Å². The van der Waals surface area contributed by atoms with E-state index in [0.717, 1.165) is 25.1 Å². The Morgan fingerprint density at radius 2 is 1.82 bits per heavy atom. The molecule has 3 aliphatic rings. The van der Waals surface area contributed by atoms with Crippen molar-refractivity contribution >= 4 is 29.1 Å². The van der Waals surface area contributed by atoms with Crippen LogP contribution in [0.1, 0.15) is 46.1 Å². The molecule has 1 N–H and O–H groups in total. The number of piperazine rings is 1. The van der Waals surface area contributed by atoms with Gasteiger partial charge in [0.05, 0.1) is 22.9 Å². The number of pyridine rings is 1. The number of likely N-dealkylation sites (tertiary alicyclic amines) is 2. The maximum atomic E-state index is 14.1. The van der Waals surface area contributed by atoms with E-state index in [0.29, 0.717) is 51.1 Å². The number of halogens is 2. The van der Waals surface area contributed by atoms with E-state index in [1.807, 2.05) is 37.3 Å². The molecule has 2 fully saturated rings. The number of β-amino-alcohol motifs (C(OH)–C–C–N with tert-alkyl or cyclic N) is 1. The Kier molecular flexibility index (Phi) is 6.73. The summed E-state index contributed by atoms with van der Waals surface area (Å²) in [5, 5.41) is 12.8. The Bertz CT molecular complexity index is 1400. The van der Waals surface area contributed by atoms with Crippen LogP contribution >= 0.6 is 23.2 Å². The van der Waals surface area contributed by atoms with E-state index in [1.165, 1.54) is 0 Å². The first kappa shape index (κ1) is 26.7. The smallest absolute Gasteiger partial charge is 0.257 e. The fourth-order valence-electron chi connectivity index (χ4n) is 6.58. The van der Waals surface area contributed by atoms with Crippen molar-refractivity contribution in [2.24, 2.45) is 0 Å². The van der Waals surface area contributed by atoms with Crippen LogP contribution in [0.2, 0.25) is 10.0 Å². The first-order valence-corrected chi connectivity index (χ1v) is 13.9. The van der Waals surface area contributed by atoms with E-state index in [9.17, 15) is 9.90 Å². The van der Waals surface area contributed by atoms with E-state index in [2.05, 4.69) is 21.8 Å². The van der Waals surface area contributed by atoms with Gasteiger partial charge in [0.1, 0.15) is 0 Å². The Morgan fingerprint density at radius 1 is 1.08 bits per heavy atom. The summed E-state index contributed by atoms with van der Waals surface area (Å²) in [7, 11) is 3.77. The molecule has 0 aliphatic carbocycles. The van der Waals surface area contributed by atoms with Crippen LogP contribution in [-0.4, -0.2) is 76.6 Å². The summed E-state index contributed by atoms with van der Waals surface area (Å²) >= 11 is 12.3. The fourth-order valence-corrected chi connectivity index (χ4v) is 6.82. The molecule has 2 bridgehead atoms. The predicted molar refractivity (Wildman–Crippen MR) is 151 cm³/mol. The monoisotopic (exact) mass is 566 g/mol. The van der Waals surface area contributed by atoms with Crippen LogP contribution < -0.4 is 0 Å². The number of carbonyl (C=O) groups excluding carboxylic acids is 1. The number of nitrogens with zero attached hydrogens (tertiary/aromatic N) is 4. The quantitative estimate of drug-likeness (QED) is 0.454. The number of likely N-dealkylation sites (N-methyl/N-ethyl adjacent to an activating group) is 1. The molecule has 2 aromatic carbocycles. The van der Waals surface area contributed by atoms with Crippen molar-refractivity contribution in [3.63, 3.8) is 0 Å². The summed E-state index contributed by atoms with van der Waals surface area (Å²) in [5.41, 5.74) is 1.05. The molecule has 1 unspecified atom stereocenters. The van der Waals surface area contributed by atoms with Crippen LogP contribution in [0.25, 0.3) is 0 Å². The maximum absolute atomic E-state index is 14.1. The first-order valence-electron chi connectivity index (χ1n) is 13.2. The van der Waals surface area contributed by atoms with Crippen molar-refractivity contribution < 1.29 is 14.6 Å². The van der Waals surface area contributed by atoms with Gasteiger partial charge >= 0.3 is 0 Å². The number of carbonyl (C=O) groups is 1. The summed E-state index contributed by atoms with van der Waals surface area (Å²) in [6.07, 6.45) is 2.71. The zero-order valence-corrected chi connectivity index (χ0v) is 23.8. The summed E-state index contributed by atoms with van der Waals surface area (Å²) in [5.74, 6) is -0.196. The van der Waals surface area contributed by atoms with E-state index in [-0.39, 0.29) is 12.5 Å². The van der Waals surface area contributed by atoms with Crippen molar-refractivity contribution in [2.45, 2.75) is 43.3 Å². The van der Waals surface area contributed by atoms with Gasteiger partial charge in [-0.2, -0.15) is 0 Å². The average Bonchev–Trinajstić information content (AvgIpc) is 3.55. The van der Waals surface area contributed by atoms with Gasteiger partial charge in [-0.25, -0.2) is 0 Å². The molecule has 2 saturated heterocycles. The lowest BCUT2D eigenvalue weighted by molar-refractivity contribution is -0.0868. The van der Waals surface area contributed by atoms with Gasteiger partial charge in [-0.05, 0) is 56.3 Å². The second kappa shape index (κ2) is 9.84. The molecule has 3 aliphatic heterocycles. The lowest BCUT2D eigenvalue weighted by atomic mass is 9.88. The molecule has 7 nitrogen and oxygen atoms in total. The second-order valence-corrected chi connectivity index (χ2v) is 12.0. The Balaban J connectivity index is 1.39. The highest BCUT2D eigenvalue weighted by atomic mass is 35.5. The zero-order chi connectivity index (χ0) is 27.5. The van der Waals surface area contributed by atoms with Crippen LogP contribution in [-0.2, 0) is 22.6 Å². The summed E-state index contributed by atoms with van der Waals surface area (Å²) in [4.78, 5) is 25.0. The zero-order valence-electron chi connectivity index (χ0n) is 22.3. The molecule has 0 spiro atoms. The third kappa shape index (κ3) is 4.46. The van der Waals surface area contributed by atoms with Gasteiger partial charge < -0.3 is 14.7 Å². The third-order valence-corrected chi connectivity index (χ3v) is 9.12. The summed E-state index contributed by atoms with van der Waals surface area (Å²) in [6.45, 7) is 4.53. The van der Waals surface area contributed by atoms with Gasteiger partial charge in [-0.1, -0.05) is 47.5 Å². The maximum Gasteiger partial charge on any atom is 0.257 e. The Labute approximate surface area is 238 Å². The van der Waals surface area contributed by atoms with Gasteiger partial charge in [0, 0.05) is 66.7 Å². The van der Waals surface area contributed by atoms with Crippen LogP contribution in [0.3, 0.4) is 0 Å². The molecule has 4 heterocycles. The molecule has 3 aromatic rings. The topological polar surface area (TPSA) is 69.1 Å². The number of aliphatic hydroxyl groups is 1. The SMILES string of the molecule is CO[C@]1(c2ccc(Cl)cc2)c2ccc(C(C)(O)CN3C[C@@H]4C[C@H]3CN4C)cc2C(=O)N1Cc1ccc(Cl)cn1. The third-order valence-electron chi connectivity index (χ3n) is 8.64. The molecule has 9 heteroatoms. The minimum absolute atomic E-state index is 0.196. The van der Waals surface area contributed by atoms with Crippen LogP contribution in [0.15, 0.2) is 60.8 Å². The highest BCUT2D eigenvalue weighted by Gasteiger charge is 2.52. The molecular formula is C30H32Cl2N4O3. The van der Waals surface area contributed by atoms with Gasteiger partial charge in [-0.3, -0.25) is 19.6 Å². The summed E-state index contributed by atoms with van der Waals surface area (Å²) < 4.78 is 6.24. The number of rotatable bonds is 7. The van der Waals surface area contributed by atoms with E-state index < -0.39 is 11.3 Å². The van der Waals surface area contributed by atoms with Crippen LogP contribution in [0.4, 0.5) is 0 Å². The standard InChI is InChI=1S/C30H32Cl2N4O3/c1-29(38,18-35-17-24-13-25(35)16-34(24)2)20-6-11-27-26(12-20)28(37)36(15-23-10-9-22(32)14-33-23)30(27,39-3)19-4-7-21(31)8-5-19/h4-12,14,24-25,38H,13,15-18H2,1-3H3/t24-,25-,29?,30+/m0/s1. The van der Waals surface area contributed by atoms with E-state index in [4.69, 9.17) is 27.9 Å². The minimum atomic E-state index is -1.19. The second-order valence-electron chi connectivity index (χ2n) is 11.2. The van der Waals surface area contributed by atoms with Gasteiger partial charge in [0.15, 0.2) is 5.72 Å². The molecule has 6 rings (SSSR count). The summed E-state index contributed by atoms with van der Waals surface area (Å²) in [6, 6.07) is 17.6. The first-order chi connectivity index (χ1) is 18.6. The number of aromatic nitrogens is 1. The van der Waals surface area contributed by atoms with Crippen molar-refractivity contribution in [3.8, 4) is 0 Å². The molecule has 39 heavy (non-hydrogen) atoms. The number of hydrogen-bond donors (Lipinski definition) is 1. The molecular weight excluding hydrogens is 535 g/mol. The number of methoxy groups -OCH3 is 1. The van der Waals surface area contributed by atoms with E-state index >= 15 is 0 Å². The largest absolute Gasteiger partial charge is 0.384 e. The van der Waals surface area contributed by atoms with Gasteiger partial charge in [-0.15, -0.1) is 0 Å². The number of benzene rings is 2. The highest BCUT2D eigenvalue weighted by molar-refractivity contribution is 6.30. The van der Waals surface area contributed by atoms with Crippen molar-refractivity contribution in [3.05, 3.63) is 98.8 Å². The number of hydrogen-bond acceptors (Lipinski definition) is 6. The normalized spacial score (nSPS) is 26.3. The van der Waals surface area contributed by atoms with Crippen LogP contribution in [0, 0.1) is 0 Å². The molecule has 1 amide bonds. The Hall–Kier alpha value is -2.52. The molecule has 0 saturated carbocycles. The number of ether oxygens (including phenoxy) is 1. The number of amides is 1. The lowest BCUT2D eigenvalue weighted by Crippen LogP contribution is -2.49. The van der Waals surface area contributed by atoms with Gasteiger partial charge in [0.25, 0.3) is 5.91 Å². The fraction of sp³-hybridized carbons (Fsp3) is 0.400. The van der Waals surface area contributed by atoms with Crippen molar-refractivity contribution in [2.75, 3.05) is 33.8 Å². The van der Waals surface area contributed by atoms with Gasteiger partial charge in [0.2, 0.25) is 0 Å². The van der Waals surface area contributed by atoms with Crippen molar-refractivity contribution in [1.29, 1.82) is 0 Å². The van der Waals surface area contributed by atoms with Crippen LogP contribution in [0.5, 0.6) is 0 Å². The minimum Gasteiger partial charge on any atom is -0.384 e. The molecule has 4 atom stereocenters. The molecule has 1 aromatic heterocycles. The molecule has 0 radical (unpaired) electrons. The lowest BCUT2D eigenvalue weighted by Gasteiger charge is -2.38. The molecule has 204 valence electrons. The average molecular weight is 568 g/mol.